The second kappa shape index (κ2) is 11.1. The van der Waals surface area contributed by atoms with E-state index in [9.17, 15) is 18.0 Å². The van der Waals surface area contributed by atoms with Crippen LogP contribution in [-0.4, -0.2) is 63.7 Å². The lowest BCUT2D eigenvalue weighted by molar-refractivity contribution is -0.139. The molecule has 2 aromatic rings. The Morgan fingerprint density at radius 1 is 1.12 bits per heavy atom. The average Bonchev–Trinajstić information content (AvgIpc) is 2.84. The number of halogens is 1. The van der Waals surface area contributed by atoms with E-state index in [0.717, 1.165) is 14.3 Å². The third-order valence-corrected chi connectivity index (χ3v) is 7.68. The number of likely N-dealkylation sites (N-methyl/N-ethyl adjacent to an activating group) is 1. The number of rotatable bonds is 9. The fourth-order valence-electron chi connectivity index (χ4n) is 3.53. The third-order valence-electron chi connectivity index (χ3n) is 5.45. The molecule has 1 N–H and O–H groups in total. The fraction of sp³-hybridized carbons (Fsp3) is 0.391. The van der Waals surface area contributed by atoms with Crippen molar-refractivity contribution < 1.29 is 27.5 Å². The van der Waals surface area contributed by atoms with Crippen LogP contribution in [0.15, 0.2) is 46.9 Å². The van der Waals surface area contributed by atoms with Crippen molar-refractivity contribution in [3.05, 3.63) is 52.5 Å². The molecular weight excluding hydrogens is 526 g/mol. The van der Waals surface area contributed by atoms with E-state index in [1.54, 1.807) is 25.1 Å². The molecule has 0 aromatic heterocycles. The number of ether oxygens (including phenoxy) is 2. The Hall–Kier alpha value is -2.79. The summed E-state index contributed by atoms with van der Waals surface area (Å²) < 4.78 is 39.0. The van der Waals surface area contributed by atoms with Crippen LogP contribution in [-0.2, 0) is 26.2 Å². The van der Waals surface area contributed by atoms with Gasteiger partial charge >= 0.3 is 0 Å². The Bertz CT molecular complexity index is 1160. The van der Waals surface area contributed by atoms with Crippen LogP contribution in [0.2, 0.25) is 0 Å². The molecule has 0 bridgehead atoms. The van der Waals surface area contributed by atoms with Crippen LogP contribution >= 0.6 is 15.9 Å². The van der Waals surface area contributed by atoms with E-state index in [4.69, 9.17) is 9.47 Å². The number of hydrogen-bond donors (Lipinski definition) is 1. The SMILES string of the molecule is CCS(=O)(=O)N(CC(=O)N(Cc1cccc(Br)c1)[C@@H](C)C(=O)NC)c1ccc2c(c1)OCCO2. The van der Waals surface area contributed by atoms with Gasteiger partial charge in [-0.2, -0.15) is 0 Å². The van der Waals surface area contributed by atoms with Gasteiger partial charge in [0.1, 0.15) is 25.8 Å². The van der Waals surface area contributed by atoms with Crippen LogP contribution in [0.25, 0.3) is 0 Å². The summed E-state index contributed by atoms with van der Waals surface area (Å²) in [6.07, 6.45) is 0. The first kappa shape index (κ1) is 25.8. The molecule has 0 spiro atoms. The van der Waals surface area contributed by atoms with E-state index < -0.39 is 28.5 Å². The maximum absolute atomic E-state index is 13.5. The van der Waals surface area contributed by atoms with Gasteiger partial charge in [0.2, 0.25) is 21.8 Å². The molecule has 11 heteroatoms. The molecule has 0 unspecified atom stereocenters. The lowest BCUT2D eigenvalue weighted by Crippen LogP contribution is -2.51. The summed E-state index contributed by atoms with van der Waals surface area (Å²) in [4.78, 5) is 27.3. The Morgan fingerprint density at radius 2 is 1.82 bits per heavy atom. The smallest absolute Gasteiger partial charge is 0.244 e. The maximum Gasteiger partial charge on any atom is 0.244 e. The number of hydrogen-bond acceptors (Lipinski definition) is 6. The minimum Gasteiger partial charge on any atom is -0.486 e. The predicted molar refractivity (Wildman–Crippen MR) is 132 cm³/mol. The molecule has 184 valence electrons. The molecule has 0 aliphatic carbocycles. The van der Waals surface area contributed by atoms with Crippen molar-refractivity contribution in [2.45, 2.75) is 26.4 Å². The van der Waals surface area contributed by atoms with Crippen molar-refractivity contribution in [1.29, 1.82) is 0 Å². The van der Waals surface area contributed by atoms with Gasteiger partial charge in [-0.05, 0) is 43.7 Å². The summed E-state index contributed by atoms with van der Waals surface area (Å²) in [5, 5.41) is 2.55. The largest absolute Gasteiger partial charge is 0.486 e. The number of sulfonamides is 1. The summed E-state index contributed by atoms with van der Waals surface area (Å²) in [6, 6.07) is 11.3. The van der Waals surface area contributed by atoms with E-state index in [1.807, 2.05) is 24.3 Å². The van der Waals surface area contributed by atoms with Gasteiger partial charge in [-0.3, -0.25) is 13.9 Å². The number of nitrogens with one attached hydrogen (secondary N) is 1. The highest BCUT2D eigenvalue weighted by molar-refractivity contribution is 9.10. The molecule has 2 amide bonds. The number of fused-ring (bicyclic) bond motifs is 1. The van der Waals surface area contributed by atoms with Crippen LogP contribution < -0.4 is 19.1 Å². The van der Waals surface area contributed by atoms with Crippen molar-refractivity contribution in [3.8, 4) is 11.5 Å². The topological polar surface area (TPSA) is 105 Å². The number of carbonyl (C=O) groups is 2. The molecule has 0 saturated carbocycles. The highest BCUT2D eigenvalue weighted by Gasteiger charge is 2.31. The van der Waals surface area contributed by atoms with Crippen molar-refractivity contribution in [1.82, 2.24) is 10.2 Å². The number of carbonyl (C=O) groups excluding carboxylic acids is 2. The first-order chi connectivity index (χ1) is 16.2. The molecule has 34 heavy (non-hydrogen) atoms. The van der Waals surface area contributed by atoms with Gasteiger partial charge in [0, 0.05) is 24.1 Å². The Balaban J connectivity index is 1.95. The molecule has 1 aliphatic rings. The third kappa shape index (κ3) is 6.01. The number of anilines is 1. The number of benzene rings is 2. The van der Waals surface area contributed by atoms with Crippen molar-refractivity contribution >= 4 is 43.5 Å². The summed E-state index contributed by atoms with van der Waals surface area (Å²) in [5.74, 6) is -0.141. The standard InChI is InChI=1S/C23H28BrN3O6S/c1-4-34(30,31)27(19-8-9-20-21(13-19)33-11-10-32-20)15-22(28)26(16(2)23(29)25-3)14-17-6-5-7-18(24)12-17/h5-9,12-13,16H,4,10-11,14-15H2,1-3H3,(H,25,29)/t16-/m0/s1. The Labute approximate surface area is 208 Å². The van der Waals surface area contributed by atoms with Crippen molar-refractivity contribution in [2.75, 3.05) is 36.9 Å². The summed E-state index contributed by atoms with van der Waals surface area (Å²) in [7, 11) is -2.33. The van der Waals surface area contributed by atoms with Crippen molar-refractivity contribution in [2.24, 2.45) is 0 Å². The zero-order chi connectivity index (χ0) is 24.9. The van der Waals surface area contributed by atoms with E-state index in [2.05, 4.69) is 21.2 Å². The molecule has 9 nitrogen and oxygen atoms in total. The van der Waals surface area contributed by atoms with Crippen LogP contribution in [0.5, 0.6) is 11.5 Å². The first-order valence-electron chi connectivity index (χ1n) is 10.8. The van der Waals surface area contributed by atoms with Gasteiger partial charge < -0.3 is 19.7 Å². The molecule has 0 fully saturated rings. The van der Waals surface area contributed by atoms with E-state index >= 15 is 0 Å². The maximum atomic E-state index is 13.5. The minimum absolute atomic E-state index is 0.133. The quantitative estimate of drug-likeness (QED) is 0.511. The van der Waals surface area contributed by atoms with Gasteiger partial charge in [0.25, 0.3) is 0 Å². The molecule has 1 aliphatic heterocycles. The lowest BCUT2D eigenvalue weighted by Gasteiger charge is -2.32. The van der Waals surface area contributed by atoms with E-state index in [-0.39, 0.29) is 23.9 Å². The summed E-state index contributed by atoms with van der Waals surface area (Å²) >= 11 is 3.41. The molecule has 0 saturated heterocycles. The van der Waals surface area contributed by atoms with Gasteiger partial charge in [0.15, 0.2) is 11.5 Å². The zero-order valence-electron chi connectivity index (χ0n) is 19.3. The lowest BCUT2D eigenvalue weighted by atomic mass is 10.1. The highest BCUT2D eigenvalue weighted by atomic mass is 79.9. The van der Waals surface area contributed by atoms with Crippen LogP contribution in [0.3, 0.4) is 0 Å². The van der Waals surface area contributed by atoms with Crippen LogP contribution in [0.1, 0.15) is 19.4 Å². The molecule has 3 rings (SSSR count). The summed E-state index contributed by atoms with van der Waals surface area (Å²) in [6.45, 7) is 3.54. The van der Waals surface area contributed by atoms with Crippen LogP contribution in [0.4, 0.5) is 5.69 Å². The molecule has 1 atom stereocenters. The van der Waals surface area contributed by atoms with Gasteiger partial charge in [-0.25, -0.2) is 8.42 Å². The van der Waals surface area contributed by atoms with Gasteiger partial charge in [-0.1, -0.05) is 28.1 Å². The minimum atomic E-state index is -3.82. The number of amides is 2. The van der Waals surface area contributed by atoms with E-state index in [0.29, 0.717) is 24.7 Å². The Kier molecular flexibility index (Phi) is 8.42. The number of nitrogens with zero attached hydrogens (tertiary/aromatic N) is 2. The van der Waals surface area contributed by atoms with Crippen LogP contribution in [0, 0.1) is 0 Å². The van der Waals surface area contributed by atoms with Crippen molar-refractivity contribution in [3.63, 3.8) is 0 Å². The van der Waals surface area contributed by atoms with E-state index in [1.165, 1.54) is 18.9 Å². The molecule has 2 aromatic carbocycles. The highest BCUT2D eigenvalue weighted by Crippen LogP contribution is 2.35. The van der Waals surface area contributed by atoms with Gasteiger partial charge in [-0.15, -0.1) is 0 Å². The Morgan fingerprint density at radius 3 is 2.47 bits per heavy atom. The second-order valence-corrected chi connectivity index (χ2v) is 10.8. The average molecular weight is 554 g/mol. The normalized spacial score (nSPS) is 13.6. The molecule has 1 heterocycles. The molecule has 0 radical (unpaired) electrons. The second-order valence-electron chi connectivity index (χ2n) is 7.68. The predicted octanol–water partition coefficient (Wildman–Crippen LogP) is 2.54. The first-order valence-corrected chi connectivity index (χ1v) is 13.2. The summed E-state index contributed by atoms with van der Waals surface area (Å²) in [5.41, 5.74) is 1.08. The van der Waals surface area contributed by atoms with Gasteiger partial charge in [0.05, 0.1) is 11.4 Å². The fourth-order valence-corrected chi connectivity index (χ4v) is 5.03. The molecular formula is C23H28BrN3O6S. The monoisotopic (exact) mass is 553 g/mol. The zero-order valence-corrected chi connectivity index (χ0v) is 21.7.